The number of hydrogen-bond acceptors (Lipinski definition) is 3. The molecule has 0 saturated carbocycles. The lowest BCUT2D eigenvalue weighted by molar-refractivity contribution is -0.385. The predicted molar refractivity (Wildman–Crippen MR) is 165 cm³/mol. The number of nitro groups is 1. The fourth-order valence-corrected chi connectivity index (χ4v) is 5.30. The molecule has 0 aliphatic heterocycles. The molecule has 194 valence electrons. The third kappa shape index (κ3) is 7.69. The van der Waals surface area contributed by atoms with E-state index < -0.39 is 4.92 Å². The van der Waals surface area contributed by atoms with Crippen LogP contribution in [-0.4, -0.2) is 4.92 Å². The van der Waals surface area contributed by atoms with Gasteiger partial charge in [-0.2, -0.15) is 0 Å². The molecule has 0 unspecified atom stereocenters. The molecule has 0 fully saturated rings. The quantitative estimate of drug-likeness (QED) is 0.125. The van der Waals surface area contributed by atoms with Crippen molar-refractivity contribution in [1.82, 2.24) is 0 Å². The molecule has 4 nitrogen and oxygen atoms in total. The Labute approximate surface area is 251 Å². The van der Waals surface area contributed by atoms with Crippen molar-refractivity contribution >= 4 is 86.2 Å². The summed E-state index contributed by atoms with van der Waals surface area (Å²) in [5, 5.41) is 11.1. The Hall–Kier alpha value is -2.66. The number of para-hydroxylation sites is 2. The number of hydrogen-bond donors (Lipinski definition) is 1. The zero-order chi connectivity index (χ0) is 27.8. The van der Waals surface area contributed by atoms with Gasteiger partial charge in [-0.1, -0.05) is 54.6 Å². The number of halogens is 6. The van der Waals surface area contributed by atoms with E-state index in [-0.39, 0.29) is 17.3 Å². The highest BCUT2D eigenvalue weighted by Gasteiger charge is 2.19. The lowest BCUT2D eigenvalue weighted by atomic mass is 9.98. The molecule has 4 aromatic carbocycles. The van der Waals surface area contributed by atoms with Gasteiger partial charge in [0.25, 0.3) is 5.69 Å². The second-order valence-electron chi connectivity index (χ2n) is 7.65. The third-order valence-electron chi connectivity index (χ3n) is 5.24. The van der Waals surface area contributed by atoms with Gasteiger partial charge in [0.1, 0.15) is 11.6 Å². The molecule has 0 aliphatic rings. The van der Waals surface area contributed by atoms with Crippen LogP contribution in [0.1, 0.15) is 22.3 Å². The standard InChI is InChI=1S/C14H8Br2FNO2.C14H10Br2FN/c15-14(16)13(9-5-7-10(17)8-6-9)11-3-1-2-4-12(11)18(19)20;15-14(16)13(9-5-7-10(17)8-6-9)11-3-1-2-4-12(11)18/h1-8H;1-8H,18H2. The fraction of sp³-hybridized carbons (Fsp3) is 0. The van der Waals surface area contributed by atoms with E-state index in [4.69, 9.17) is 5.73 Å². The zero-order valence-corrected chi connectivity index (χ0v) is 25.7. The Morgan fingerprint density at radius 2 is 1.03 bits per heavy atom. The molecule has 2 N–H and O–H groups in total. The molecule has 0 heterocycles. The van der Waals surface area contributed by atoms with E-state index in [1.165, 1.54) is 30.3 Å². The van der Waals surface area contributed by atoms with Gasteiger partial charge in [0.15, 0.2) is 0 Å². The van der Waals surface area contributed by atoms with Crippen molar-refractivity contribution in [3.8, 4) is 0 Å². The largest absolute Gasteiger partial charge is 0.398 e. The molecule has 0 spiro atoms. The zero-order valence-electron chi connectivity index (χ0n) is 19.3. The number of nitrogens with two attached hydrogens (primary N) is 1. The number of rotatable bonds is 5. The van der Waals surface area contributed by atoms with Gasteiger partial charge in [0.05, 0.1) is 17.3 Å². The predicted octanol–water partition coefficient (Wildman–Crippen LogP) is 10.2. The monoisotopic (exact) mass is 768 g/mol. The average Bonchev–Trinajstić information content (AvgIpc) is 2.88. The molecule has 4 aromatic rings. The van der Waals surface area contributed by atoms with Crippen LogP contribution in [0.15, 0.2) is 104 Å². The Morgan fingerprint density at radius 3 is 1.45 bits per heavy atom. The summed E-state index contributed by atoms with van der Waals surface area (Å²) in [7, 11) is 0. The van der Waals surface area contributed by atoms with E-state index in [2.05, 4.69) is 63.7 Å². The SMILES string of the molecule is Nc1ccccc1C(=C(Br)Br)c1ccc(F)cc1.O=[N+]([O-])c1ccccc1C(=C(Br)Br)c1ccc(F)cc1. The fourth-order valence-electron chi connectivity index (χ4n) is 3.53. The summed E-state index contributed by atoms with van der Waals surface area (Å²) in [6, 6.07) is 26.0. The van der Waals surface area contributed by atoms with Crippen LogP contribution in [0.2, 0.25) is 0 Å². The van der Waals surface area contributed by atoms with Gasteiger partial charge >= 0.3 is 0 Å². The minimum Gasteiger partial charge on any atom is -0.398 e. The molecule has 0 radical (unpaired) electrons. The van der Waals surface area contributed by atoms with Crippen molar-refractivity contribution in [1.29, 1.82) is 0 Å². The summed E-state index contributed by atoms with van der Waals surface area (Å²) >= 11 is 13.4. The number of benzene rings is 4. The number of nitro benzene ring substituents is 1. The molecule has 0 bridgehead atoms. The molecule has 38 heavy (non-hydrogen) atoms. The smallest absolute Gasteiger partial charge is 0.277 e. The van der Waals surface area contributed by atoms with Gasteiger partial charge in [-0.15, -0.1) is 0 Å². The van der Waals surface area contributed by atoms with E-state index in [1.54, 1.807) is 42.5 Å². The van der Waals surface area contributed by atoms with Crippen molar-refractivity contribution in [3.05, 3.63) is 148 Å². The van der Waals surface area contributed by atoms with E-state index in [9.17, 15) is 18.9 Å². The first-order valence-corrected chi connectivity index (χ1v) is 14.0. The molecule has 0 aliphatic carbocycles. The maximum Gasteiger partial charge on any atom is 0.277 e. The van der Waals surface area contributed by atoms with E-state index in [0.29, 0.717) is 25.8 Å². The summed E-state index contributed by atoms with van der Waals surface area (Å²) in [5.41, 5.74) is 11.0. The summed E-state index contributed by atoms with van der Waals surface area (Å²) in [5.74, 6) is -0.619. The molecule has 10 heteroatoms. The second kappa shape index (κ2) is 13.9. The Morgan fingerprint density at radius 1 is 0.632 bits per heavy atom. The Balaban J connectivity index is 0.000000212. The minimum absolute atomic E-state index is 0.0109. The minimum atomic E-state index is -0.443. The van der Waals surface area contributed by atoms with Crippen molar-refractivity contribution in [2.24, 2.45) is 0 Å². The first-order chi connectivity index (χ1) is 18.1. The molecular weight excluding hydrogens is 754 g/mol. The third-order valence-corrected chi connectivity index (χ3v) is 6.83. The normalized spacial score (nSPS) is 10.2. The van der Waals surface area contributed by atoms with Crippen LogP contribution in [-0.2, 0) is 0 Å². The highest BCUT2D eigenvalue weighted by molar-refractivity contribution is 9.28. The first-order valence-electron chi connectivity index (χ1n) is 10.8. The van der Waals surface area contributed by atoms with Crippen molar-refractivity contribution in [3.63, 3.8) is 0 Å². The van der Waals surface area contributed by atoms with Crippen molar-refractivity contribution < 1.29 is 13.7 Å². The maximum atomic E-state index is 13.0. The lowest BCUT2D eigenvalue weighted by Crippen LogP contribution is -1.96. The van der Waals surface area contributed by atoms with Gasteiger partial charge in [-0.05, 0) is 111 Å². The summed E-state index contributed by atoms with van der Waals surface area (Å²) < 4.78 is 27.3. The van der Waals surface area contributed by atoms with Gasteiger partial charge in [0, 0.05) is 28.5 Å². The van der Waals surface area contributed by atoms with Crippen LogP contribution in [0.5, 0.6) is 0 Å². The molecule has 4 rings (SSSR count). The number of nitrogen functional groups attached to an aromatic ring is 1. The first kappa shape index (κ1) is 29.9. The van der Waals surface area contributed by atoms with E-state index in [1.807, 2.05) is 24.3 Å². The molecule has 0 atom stereocenters. The number of anilines is 1. The summed E-state index contributed by atoms with van der Waals surface area (Å²) in [4.78, 5) is 10.7. The highest BCUT2D eigenvalue weighted by Crippen LogP contribution is 2.38. The van der Waals surface area contributed by atoms with Crippen LogP contribution in [0.3, 0.4) is 0 Å². The van der Waals surface area contributed by atoms with Crippen LogP contribution in [0, 0.1) is 21.7 Å². The maximum absolute atomic E-state index is 13.0. The van der Waals surface area contributed by atoms with Crippen LogP contribution in [0.4, 0.5) is 20.2 Å². The molecule has 0 aromatic heterocycles. The van der Waals surface area contributed by atoms with Gasteiger partial charge in [-0.25, -0.2) is 8.78 Å². The van der Waals surface area contributed by atoms with Gasteiger partial charge in [0.2, 0.25) is 0 Å². The highest BCUT2D eigenvalue weighted by atomic mass is 79.9. The van der Waals surface area contributed by atoms with Crippen LogP contribution < -0.4 is 5.73 Å². The van der Waals surface area contributed by atoms with Crippen molar-refractivity contribution in [2.75, 3.05) is 5.73 Å². The Kier molecular flexibility index (Phi) is 11.0. The van der Waals surface area contributed by atoms with Gasteiger partial charge < -0.3 is 5.73 Å². The Bertz CT molecular complexity index is 1500. The summed E-state index contributed by atoms with van der Waals surface area (Å²) in [6.45, 7) is 0. The lowest BCUT2D eigenvalue weighted by Gasteiger charge is -2.11. The van der Waals surface area contributed by atoms with Gasteiger partial charge in [-0.3, -0.25) is 10.1 Å². The average molecular weight is 772 g/mol. The van der Waals surface area contributed by atoms with Crippen LogP contribution in [0.25, 0.3) is 11.1 Å². The molecule has 0 saturated heterocycles. The molecular formula is C28H18Br4F2N2O2. The molecule has 0 amide bonds. The number of nitrogens with zero attached hydrogens (tertiary/aromatic N) is 1. The second-order valence-corrected chi connectivity index (χ2v) is 12.9. The van der Waals surface area contributed by atoms with E-state index >= 15 is 0 Å². The van der Waals surface area contributed by atoms with Crippen LogP contribution >= 0.6 is 63.7 Å². The topological polar surface area (TPSA) is 69.2 Å². The summed E-state index contributed by atoms with van der Waals surface area (Å²) in [6.07, 6.45) is 0. The van der Waals surface area contributed by atoms with Crippen molar-refractivity contribution in [2.45, 2.75) is 0 Å². The van der Waals surface area contributed by atoms with E-state index in [0.717, 1.165) is 20.1 Å².